The fourth-order valence-electron chi connectivity index (χ4n) is 4.01. The fourth-order valence-corrected chi connectivity index (χ4v) is 4.01. The Bertz CT molecular complexity index is 1340. The van der Waals surface area contributed by atoms with Crippen LogP contribution in [0, 0.1) is 5.21 Å². The Morgan fingerprint density at radius 2 is 1.88 bits per heavy atom. The van der Waals surface area contributed by atoms with Gasteiger partial charge in [0.15, 0.2) is 18.0 Å². The van der Waals surface area contributed by atoms with Crippen molar-refractivity contribution in [2.75, 3.05) is 13.2 Å². The summed E-state index contributed by atoms with van der Waals surface area (Å²) in [5.74, 6) is 0.0160. The van der Waals surface area contributed by atoms with Gasteiger partial charge in [-0.25, -0.2) is 9.97 Å². The third-order valence-corrected chi connectivity index (χ3v) is 5.65. The molecule has 0 radical (unpaired) electrons. The van der Waals surface area contributed by atoms with Crippen molar-refractivity contribution in [3.63, 3.8) is 0 Å². The lowest BCUT2D eigenvalue weighted by molar-refractivity contribution is -0.605. The van der Waals surface area contributed by atoms with Crippen LogP contribution < -0.4 is 10.3 Å². The number of fused-ring (bicyclic) bond motifs is 1. The van der Waals surface area contributed by atoms with Crippen LogP contribution in [0.4, 0.5) is 0 Å². The van der Waals surface area contributed by atoms with Gasteiger partial charge in [-0.05, 0) is 24.1 Å². The summed E-state index contributed by atoms with van der Waals surface area (Å²) in [5, 5.41) is 21.6. The highest BCUT2D eigenvalue weighted by atomic mass is 16.5. The maximum absolute atomic E-state index is 13.5. The molecule has 1 unspecified atom stereocenters. The number of rotatable bonds is 8. The Kier molecular flexibility index (Phi) is 6.93. The number of benzene rings is 1. The first-order chi connectivity index (χ1) is 16.5. The van der Waals surface area contributed by atoms with Gasteiger partial charge in [0.2, 0.25) is 0 Å². The zero-order valence-corrected chi connectivity index (χ0v) is 18.7. The van der Waals surface area contributed by atoms with Crippen LogP contribution in [0.15, 0.2) is 78.0 Å². The molecule has 0 fully saturated rings. The number of nitrogens with zero attached hydrogens (tertiary/aromatic N) is 5. The van der Waals surface area contributed by atoms with E-state index in [-0.39, 0.29) is 31.2 Å². The number of aromatic nitrogens is 4. The Balaban J connectivity index is 1.87. The highest BCUT2D eigenvalue weighted by Gasteiger charge is 2.29. The standard InChI is InChI=1S/C25H25N5O4/c1-2-21(29(15-16-31)24(32)19-10-13-28(34)14-11-19)23-27-22-20(9-6-12-26-22)25(33)30(23)17-18-7-4-3-5-8-18/h3-14,21,31H,2,15-17H2,1H3. The molecule has 3 heterocycles. The smallest absolute Gasteiger partial charge is 0.263 e. The Labute approximate surface area is 196 Å². The van der Waals surface area contributed by atoms with Crippen molar-refractivity contribution in [2.45, 2.75) is 25.9 Å². The fraction of sp³-hybridized carbons (Fsp3) is 0.240. The van der Waals surface area contributed by atoms with Gasteiger partial charge in [0.25, 0.3) is 11.5 Å². The van der Waals surface area contributed by atoms with Crippen molar-refractivity contribution >= 4 is 16.9 Å². The van der Waals surface area contributed by atoms with Crippen molar-refractivity contribution in [2.24, 2.45) is 0 Å². The van der Waals surface area contributed by atoms with Crippen molar-refractivity contribution in [3.05, 3.63) is 106 Å². The van der Waals surface area contributed by atoms with E-state index < -0.39 is 6.04 Å². The van der Waals surface area contributed by atoms with Gasteiger partial charge < -0.3 is 15.2 Å². The first kappa shape index (κ1) is 23.1. The van der Waals surface area contributed by atoms with E-state index in [0.717, 1.165) is 5.56 Å². The molecule has 34 heavy (non-hydrogen) atoms. The second-order valence-electron chi connectivity index (χ2n) is 7.81. The van der Waals surface area contributed by atoms with Crippen LogP contribution in [0.2, 0.25) is 0 Å². The molecule has 1 atom stereocenters. The third-order valence-electron chi connectivity index (χ3n) is 5.65. The van der Waals surface area contributed by atoms with Crippen LogP contribution in [0.3, 0.4) is 0 Å². The van der Waals surface area contributed by atoms with Gasteiger partial charge >= 0.3 is 0 Å². The van der Waals surface area contributed by atoms with E-state index in [2.05, 4.69) is 4.98 Å². The van der Waals surface area contributed by atoms with Gasteiger partial charge in [-0.2, -0.15) is 4.73 Å². The van der Waals surface area contributed by atoms with Gasteiger partial charge in [-0.15, -0.1) is 0 Å². The molecule has 0 aliphatic rings. The number of carbonyl (C=O) groups is 1. The Morgan fingerprint density at radius 3 is 2.56 bits per heavy atom. The second kappa shape index (κ2) is 10.2. The lowest BCUT2D eigenvalue weighted by Crippen LogP contribution is -2.41. The SMILES string of the molecule is CCC(c1nc2ncccc2c(=O)n1Cc1ccccc1)N(CCO)C(=O)c1cc[n+]([O-])cc1. The summed E-state index contributed by atoms with van der Waals surface area (Å²) in [7, 11) is 0. The zero-order chi connectivity index (χ0) is 24.1. The molecule has 9 nitrogen and oxygen atoms in total. The maximum atomic E-state index is 13.5. The van der Waals surface area contributed by atoms with E-state index >= 15 is 0 Å². The molecule has 0 aliphatic carbocycles. The molecular formula is C25H25N5O4. The summed E-state index contributed by atoms with van der Waals surface area (Å²) >= 11 is 0. The van der Waals surface area contributed by atoms with Crippen molar-refractivity contribution in [1.29, 1.82) is 0 Å². The molecule has 4 aromatic rings. The first-order valence-electron chi connectivity index (χ1n) is 11.0. The molecule has 0 saturated carbocycles. The van der Waals surface area contributed by atoms with Gasteiger partial charge in [0.1, 0.15) is 5.82 Å². The van der Waals surface area contributed by atoms with Gasteiger partial charge in [0, 0.05) is 24.9 Å². The highest BCUT2D eigenvalue weighted by molar-refractivity contribution is 5.94. The molecule has 174 valence electrons. The monoisotopic (exact) mass is 459 g/mol. The van der Waals surface area contributed by atoms with E-state index in [1.54, 1.807) is 22.9 Å². The summed E-state index contributed by atoms with van der Waals surface area (Å²) in [6, 6.07) is 15.2. The van der Waals surface area contributed by atoms with Gasteiger partial charge in [-0.1, -0.05) is 37.3 Å². The van der Waals surface area contributed by atoms with Crippen LogP contribution in [0.25, 0.3) is 11.0 Å². The van der Waals surface area contributed by atoms with E-state index in [1.165, 1.54) is 29.4 Å². The van der Waals surface area contributed by atoms with Crippen LogP contribution in [-0.4, -0.2) is 43.6 Å². The van der Waals surface area contributed by atoms with E-state index in [9.17, 15) is 19.9 Å². The molecular weight excluding hydrogens is 434 g/mol. The Hall–Kier alpha value is -4.11. The summed E-state index contributed by atoms with van der Waals surface area (Å²) < 4.78 is 2.17. The lowest BCUT2D eigenvalue weighted by atomic mass is 10.1. The molecule has 1 amide bonds. The van der Waals surface area contributed by atoms with Gasteiger partial charge in [0.05, 0.1) is 30.1 Å². The lowest BCUT2D eigenvalue weighted by Gasteiger charge is -2.32. The summed E-state index contributed by atoms with van der Waals surface area (Å²) in [4.78, 5) is 37.4. The van der Waals surface area contributed by atoms with Crippen LogP contribution in [0.5, 0.6) is 0 Å². The number of amides is 1. The van der Waals surface area contributed by atoms with Crippen LogP contribution in [-0.2, 0) is 6.54 Å². The summed E-state index contributed by atoms with van der Waals surface area (Å²) in [5.41, 5.74) is 1.26. The summed E-state index contributed by atoms with van der Waals surface area (Å²) in [6.45, 7) is 1.92. The van der Waals surface area contributed by atoms with E-state index in [4.69, 9.17) is 4.98 Å². The quantitative estimate of drug-likeness (QED) is 0.319. The molecule has 1 aromatic carbocycles. The number of hydrogen-bond donors (Lipinski definition) is 1. The minimum atomic E-state index is -0.609. The predicted molar refractivity (Wildman–Crippen MR) is 126 cm³/mol. The number of hydrogen-bond acceptors (Lipinski definition) is 6. The van der Waals surface area contributed by atoms with Crippen LogP contribution in [0.1, 0.15) is 41.1 Å². The minimum absolute atomic E-state index is 0.0328. The molecule has 0 saturated heterocycles. The molecule has 9 heteroatoms. The minimum Gasteiger partial charge on any atom is -0.619 e. The number of aliphatic hydroxyl groups excluding tert-OH is 1. The molecule has 4 rings (SSSR count). The zero-order valence-electron chi connectivity index (χ0n) is 18.7. The number of pyridine rings is 2. The first-order valence-corrected chi connectivity index (χ1v) is 11.0. The normalized spacial score (nSPS) is 11.9. The molecule has 0 spiro atoms. The van der Waals surface area contributed by atoms with Gasteiger partial charge in [-0.3, -0.25) is 14.2 Å². The molecule has 1 N–H and O–H groups in total. The molecule has 0 aliphatic heterocycles. The average Bonchev–Trinajstić information content (AvgIpc) is 2.87. The molecule has 3 aromatic heterocycles. The predicted octanol–water partition coefficient (Wildman–Crippen LogP) is 2.06. The van der Waals surface area contributed by atoms with Crippen molar-refractivity contribution < 1.29 is 14.6 Å². The van der Waals surface area contributed by atoms with Crippen molar-refractivity contribution in [3.8, 4) is 0 Å². The van der Waals surface area contributed by atoms with Crippen molar-refractivity contribution in [1.82, 2.24) is 19.4 Å². The average molecular weight is 460 g/mol. The van der Waals surface area contributed by atoms with Crippen LogP contribution >= 0.6 is 0 Å². The number of carbonyl (C=O) groups excluding carboxylic acids is 1. The third kappa shape index (κ3) is 4.65. The van der Waals surface area contributed by atoms with E-state index in [0.29, 0.717) is 33.6 Å². The van der Waals surface area contributed by atoms with E-state index in [1.807, 2.05) is 37.3 Å². The second-order valence-corrected chi connectivity index (χ2v) is 7.81. The highest BCUT2D eigenvalue weighted by Crippen LogP contribution is 2.25. The maximum Gasteiger partial charge on any atom is 0.263 e. The molecule has 0 bridgehead atoms. The largest absolute Gasteiger partial charge is 0.619 e. The number of aliphatic hydroxyl groups is 1. The topological polar surface area (TPSA) is 115 Å². The Morgan fingerprint density at radius 1 is 1.15 bits per heavy atom. The summed E-state index contributed by atoms with van der Waals surface area (Å²) in [6.07, 6.45) is 4.50.